The number of hydrogen-bond donors (Lipinski definition) is 0. The van der Waals surface area contributed by atoms with Crippen LogP contribution in [0.3, 0.4) is 0 Å². The van der Waals surface area contributed by atoms with Crippen molar-refractivity contribution in [3.63, 3.8) is 0 Å². The zero-order valence-corrected chi connectivity index (χ0v) is 24.7. The normalized spacial score (nSPS) is 18.6. The maximum Gasteiger partial charge on any atom is 0.338 e. The van der Waals surface area contributed by atoms with E-state index in [0.717, 1.165) is 0 Å². The molecule has 12 nitrogen and oxygen atoms in total. The summed E-state index contributed by atoms with van der Waals surface area (Å²) >= 11 is 0. The summed E-state index contributed by atoms with van der Waals surface area (Å²) in [4.78, 5) is 54.8. The van der Waals surface area contributed by atoms with E-state index < -0.39 is 47.4 Å². The molecule has 0 saturated carbocycles. The van der Waals surface area contributed by atoms with Gasteiger partial charge in [0, 0.05) is 23.9 Å². The molecule has 4 atom stereocenters. The Morgan fingerprint density at radius 2 is 1.30 bits per heavy atom. The predicted octanol–water partition coefficient (Wildman–Crippen LogP) is 5.66. The van der Waals surface area contributed by atoms with E-state index in [1.807, 2.05) is 0 Å². The first kappa shape index (κ1) is 30.9. The third kappa shape index (κ3) is 7.08. The Morgan fingerprint density at radius 3 is 1.87 bits per heavy atom. The molecule has 0 bridgehead atoms. The lowest BCUT2D eigenvalue weighted by atomic mass is 10.1. The summed E-state index contributed by atoms with van der Waals surface area (Å²) in [6.07, 6.45) is -1.65. The number of benzene rings is 4. The smallest absolute Gasteiger partial charge is 0.338 e. The minimum Gasteiger partial charge on any atom is -0.459 e. The lowest BCUT2D eigenvalue weighted by molar-refractivity contribution is -0.384. The van der Waals surface area contributed by atoms with Gasteiger partial charge in [0.05, 0.1) is 33.6 Å². The number of non-ortho nitro benzene ring substituents is 1. The zero-order valence-electron chi connectivity index (χ0n) is 24.7. The summed E-state index contributed by atoms with van der Waals surface area (Å²) in [7, 11) is 0. The molecule has 1 aliphatic heterocycles. The van der Waals surface area contributed by atoms with Crippen LogP contribution in [0.2, 0.25) is 0 Å². The van der Waals surface area contributed by atoms with Gasteiger partial charge in [0.2, 0.25) is 0 Å². The largest absolute Gasteiger partial charge is 0.459 e. The second kappa shape index (κ2) is 13.9. The van der Waals surface area contributed by atoms with Crippen LogP contribution >= 0.6 is 0 Å². The minimum absolute atomic E-state index is 0.114. The van der Waals surface area contributed by atoms with Gasteiger partial charge in [0.25, 0.3) is 5.69 Å². The molecular formula is C35H27N3O9. The van der Waals surface area contributed by atoms with E-state index in [9.17, 15) is 24.5 Å². The number of carbonyl (C=O) groups excluding carboxylic acids is 3. The van der Waals surface area contributed by atoms with Crippen LogP contribution in [0.1, 0.15) is 37.3 Å². The number of aromatic nitrogens is 2. The number of nitrogens with zero attached hydrogens (tertiary/aromatic N) is 3. The first-order valence-corrected chi connectivity index (χ1v) is 14.6. The van der Waals surface area contributed by atoms with Gasteiger partial charge in [-0.1, -0.05) is 66.7 Å². The SMILES string of the molecule is O=C(OC[C@H]1O[C@@H](n2cnc(-c3cccc([N+](=O)[O-])c3)c2)[C@H](OC(=O)c2ccccc2)[C@@H]1OC(=O)c1ccccc1)c1ccccc1. The second-order valence-electron chi connectivity index (χ2n) is 10.5. The monoisotopic (exact) mass is 633 g/mol. The van der Waals surface area contributed by atoms with Gasteiger partial charge in [-0.2, -0.15) is 0 Å². The first-order chi connectivity index (χ1) is 22.9. The fourth-order valence-corrected chi connectivity index (χ4v) is 5.10. The molecule has 1 saturated heterocycles. The van der Waals surface area contributed by atoms with Crippen molar-refractivity contribution in [3.8, 4) is 11.3 Å². The third-order valence-corrected chi connectivity index (χ3v) is 7.43. The van der Waals surface area contributed by atoms with Crippen molar-refractivity contribution in [2.45, 2.75) is 24.5 Å². The van der Waals surface area contributed by atoms with E-state index in [1.54, 1.807) is 109 Å². The molecule has 0 amide bonds. The lowest BCUT2D eigenvalue weighted by Crippen LogP contribution is -2.41. The van der Waals surface area contributed by atoms with Crippen molar-refractivity contribution in [3.05, 3.63) is 155 Å². The molecule has 0 radical (unpaired) electrons. The van der Waals surface area contributed by atoms with E-state index in [-0.39, 0.29) is 23.4 Å². The van der Waals surface area contributed by atoms with Crippen LogP contribution in [0, 0.1) is 10.1 Å². The lowest BCUT2D eigenvalue weighted by Gasteiger charge is -2.24. The first-order valence-electron chi connectivity index (χ1n) is 14.6. The topological polar surface area (TPSA) is 149 Å². The molecule has 2 heterocycles. The average Bonchev–Trinajstić information content (AvgIpc) is 3.73. The van der Waals surface area contributed by atoms with Gasteiger partial charge in [-0.3, -0.25) is 10.1 Å². The number of nitro groups is 1. The van der Waals surface area contributed by atoms with Gasteiger partial charge in [0.1, 0.15) is 12.7 Å². The maximum atomic E-state index is 13.4. The van der Waals surface area contributed by atoms with Crippen LogP contribution in [0.25, 0.3) is 11.3 Å². The molecule has 47 heavy (non-hydrogen) atoms. The van der Waals surface area contributed by atoms with Gasteiger partial charge in [-0.25, -0.2) is 19.4 Å². The molecule has 0 N–H and O–H groups in total. The van der Waals surface area contributed by atoms with E-state index in [4.69, 9.17) is 18.9 Å². The Morgan fingerprint density at radius 1 is 0.745 bits per heavy atom. The number of nitro benzene ring substituents is 1. The Bertz CT molecular complexity index is 1880. The van der Waals surface area contributed by atoms with Crippen molar-refractivity contribution in [2.24, 2.45) is 0 Å². The highest BCUT2D eigenvalue weighted by molar-refractivity contribution is 5.91. The molecule has 1 aliphatic rings. The number of esters is 3. The van der Waals surface area contributed by atoms with Crippen LogP contribution in [0.5, 0.6) is 0 Å². The van der Waals surface area contributed by atoms with E-state index in [0.29, 0.717) is 16.8 Å². The van der Waals surface area contributed by atoms with Crippen molar-refractivity contribution in [2.75, 3.05) is 6.61 Å². The highest BCUT2D eigenvalue weighted by Crippen LogP contribution is 2.36. The Kier molecular flexibility index (Phi) is 9.11. The predicted molar refractivity (Wildman–Crippen MR) is 166 cm³/mol. The zero-order chi connectivity index (χ0) is 32.8. The number of carbonyl (C=O) groups is 3. The Labute approximate surface area is 268 Å². The van der Waals surface area contributed by atoms with Crippen LogP contribution in [-0.2, 0) is 18.9 Å². The minimum atomic E-state index is -1.23. The fraction of sp³-hybridized carbons (Fsp3) is 0.143. The van der Waals surface area contributed by atoms with Gasteiger partial charge in [-0.15, -0.1) is 0 Å². The number of hydrogen-bond acceptors (Lipinski definition) is 10. The van der Waals surface area contributed by atoms with E-state index >= 15 is 0 Å². The standard InChI is InChI=1S/C35H27N3O9/c39-33(23-11-4-1-5-12-23)44-21-29-30(46-34(40)24-13-6-2-7-14-24)31(47-35(41)25-15-8-3-9-16-25)32(45-29)37-20-28(36-22-37)26-17-10-18-27(19-26)38(42)43/h1-20,22,29-32H,21H2/t29-,30-,31-,32-/m1/s1. The molecule has 236 valence electrons. The molecule has 0 spiro atoms. The van der Waals surface area contributed by atoms with Gasteiger partial charge < -0.3 is 23.5 Å². The molecule has 1 aromatic heterocycles. The molecule has 0 aliphatic carbocycles. The molecule has 0 unspecified atom stereocenters. The summed E-state index contributed by atoms with van der Waals surface area (Å²) in [5.41, 5.74) is 1.54. The van der Waals surface area contributed by atoms with Crippen LogP contribution in [0.4, 0.5) is 5.69 Å². The Balaban J connectivity index is 1.35. The molecule has 4 aromatic carbocycles. The van der Waals surface area contributed by atoms with Gasteiger partial charge in [-0.05, 0) is 36.4 Å². The quantitative estimate of drug-likeness (QED) is 0.0816. The number of rotatable bonds is 10. The van der Waals surface area contributed by atoms with Crippen LogP contribution in [0.15, 0.2) is 128 Å². The number of ether oxygens (including phenoxy) is 4. The molecule has 5 aromatic rings. The van der Waals surface area contributed by atoms with E-state index in [2.05, 4.69) is 4.98 Å². The second-order valence-corrected chi connectivity index (χ2v) is 10.5. The van der Waals surface area contributed by atoms with Crippen molar-refractivity contribution in [1.29, 1.82) is 0 Å². The molecule has 1 fully saturated rings. The molecule has 12 heteroatoms. The van der Waals surface area contributed by atoms with Crippen molar-refractivity contribution >= 4 is 23.6 Å². The van der Waals surface area contributed by atoms with Gasteiger partial charge >= 0.3 is 17.9 Å². The third-order valence-electron chi connectivity index (χ3n) is 7.43. The van der Waals surface area contributed by atoms with Crippen LogP contribution in [-0.4, -0.2) is 57.3 Å². The summed E-state index contributed by atoms with van der Waals surface area (Å²) in [5, 5.41) is 11.4. The average molecular weight is 634 g/mol. The Hall–Kier alpha value is -6.14. The summed E-state index contributed by atoms with van der Waals surface area (Å²) in [6, 6.07) is 30.8. The summed E-state index contributed by atoms with van der Waals surface area (Å²) in [6.45, 7) is -0.344. The fourth-order valence-electron chi connectivity index (χ4n) is 5.10. The van der Waals surface area contributed by atoms with E-state index in [1.165, 1.54) is 23.0 Å². The maximum absolute atomic E-state index is 13.4. The van der Waals surface area contributed by atoms with Gasteiger partial charge in [0.15, 0.2) is 18.4 Å². The van der Waals surface area contributed by atoms with Crippen molar-refractivity contribution < 1.29 is 38.3 Å². The highest BCUT2D eigenvalue weighted by Gasteiger charge is 2.51. The summed E-state index contributed by atoms with van der Waals surface area (Å²) in [5.74, 6) is -2.03. The highest BCUT2D eigenvalue weighted by atomic mass is 16.7. The molecular weight excluding hydrogens is 606 g/mol. The summed E-state index contributed by atoms with van der Waals surface area (Å²) < 4.78 is 25.3. The molecule has 6 rings (SSSR count). The number of imidazole rings is 1. The van der Waals surface area contributed by atoms with Crippen molar-refractivity contribution in [1.82, 2.24) is 9.55 Å². The van der Waals surface area contributed by atoms with Crippen LogP contribution < -0.4 is 0 Å².